The van der Waals surface area contributed by atoms with E-state index in [1.807, 2.05) is 36.7 Å². The van der Waals surface area contributed by atoms with E-state index in [-0.39, 0.29) is 0 Å². The molecule has 1 N–H and O–H groups in total. The van der Waals surface area contributed by atoms with Crippen molar-refractivity contribution in [1.29, 1.82) is 0 Å². The number of methoxy groups -OCH3 is 2. The van der Waals surface area contributed by atoms with Crippen LogP contribution in [0.2, 0.25) is 0 Å². The molecular formula is C21H24N6O2S. The summed E-state index contributed by atoms with van der Waals surface area (Å²) in [6.07, 6.45) is 5.42. The molecule has 1 aromatic carbocycles. The highest BCUT2D eigenvalue weighted by Crippen LogP contribution is 2.35. The number of hydrogen-bond donors (Lipinski definition) is 1. The third-order valence-corrected chi connectivity index (χ3v) is 5.60. The average Bonchev–Trinajstić information content (AvgIpc) is 2.82. The Morgan fingerprint density at radius 3 is 2.57 bits per heavy atom. The van der Waals surface area contributed by atoms with Crippen LogP contribution in [0.4, 0.5) is 5.69 Å². The summed E-state index contributed by atoms with van der Waals surface area (Å²) in [7, 11) is 3.25. The molecule has 0 radical (unpaired) electrons. The highest BCUT2D eigenvalue weighted by atomic mass is 32.1. The fourth-order valence-corrected chi connectivity index (χ4v) is 3.82. The molecule has 2 aromatic heterocycles. The zero-order chi connectivity index (χ0) is 20.9. The number of rotatable bonds is 5. The summed E-state index contributed by atoms with van der Waals surface area (Å²) in [6.45, 7) is 4.01. The Kier molecular flexibility index (Phi) is 6.08. The summed E-state index contributed by atoms with van der Waals surface area (Å²) in [5.41, 5.74) is 2.92. The zero-order valence-corrected chi connectivity index (χ0v) is 17.9. The van der Waals surface area contributed by atoms with Gasteiger partial charge in [0, 0.05) is 56.6 Å². The maximum absolute atomic E-state index is 5.59. The van der Waals surface area contributed by atoms with Crippen LogP contribution < -0.4 is 19.7 Å². The van der Waals surface area contributed by atoms with E-state index >= 15 is 0 Å². The molecule has 0 bridgehead atoms. The van der Waals surface area contributed by atoms with Gasteiger partial charge in [-0.05, 0) is 29.9 Å². The Bertz CT molecular complexity index is 1020. The van der Waals surface area contributed by atoms with Crippen molar-refractivity contribution in [3.63, 3.8) is 0 Å². The minimum absolute atomic E-state index is 0.645. The van der Waals surface area contributed by atoms with E-state index in [9.17, 15) is 0 Å². The van der Waals surface area contributed by atoms with E-state index in [4.69, 9.17) is 21.7 Å². The minimum Gasteiger partial charge on any atom is -0.493 e. The van der Waals surface area contributed by atoms with Gasteiger partial charge < -0.3 is 24.6 Å². The highest BCUT2D eigenvalue weighted by molar-refractivity contribution is 7.80. The predicted octanol–water partition coefficient (Wildman–Crippen LogP) is 2.24. The van der Waals surface area contributed by atoms with Crippen molar-refractivity contribution in [3.8, 4) is 11.5 Å². The Hall–Kier alpha value is -3.20. The van der Waals surface area contributed by atoms with E-state index in [0.717, 1.165) is 53.4 Å². The molecule has 1 saturated heterocycles. The van der Waals surface area contributed by atoms with Crippen molar-refractivity contribution in [2.24, 2.45) is 0 Å². The van der Waals surface area contributed by atoms with Gasteiger partial charge >= 0.3 is 0 Å². The van der Waals surface area contributed by atoms with Crippen molar-refractivity contribution in [3.05, 3.63) is 48.4 Å². The Balaban J connectivity index is 1.43. The normalized spacial score (nSPS) is 13.9. The van der Waals surface area contributed by atoms with Gasteiger partial charge in [-0.2, -0.15) is 10.2 Å². The fraction of sp³-hybridized carbons (Fsp3) is 0.333. The molecule has 0 unspecified atom stereocenters. The number of piperazine rings is 1. The van der Waals surface area contributed by atoms with Crippen molar-refractivity contribution in [1.82, 2.24) is 25.4 Å². The third-order valence-electron chi connectivity index (χ3n) is 5.20. The lowest BCUT2D eigenvalue weighted by atomic mass is 10.1. The smallest absolute Gasteiger partial charge is 0.169 e. The van der Waals surface area contributed by atoms with Crippen LogP contribution in [-0.4, -0.2) is 65.6 Å². The summed E-state index contributed by atoms with van der Waals surface area (Å²) in [5.74, 6) is 1.32. The van der Waals surface area contributed by atoms with E-state index in [2.05, 4.69) is 30.3 Å². The van der Waals surface area contributed by atoms with Gasteiger partial charge in [0.15, 0.2) is 16.6 Å². The van der Waals surface area contributed by atoms with E-state index in [0.29, 0.717) is 18.0 Å². The van der Waals surface area contributed by atoms with Crippen LogP contribution in [0.5, 0.6) is 11.5 Å². The predicted molar refractivity (Wildman–Crippen MR) is 120 cm³/mol. The number of fused-ring (bicyclic) bond motifs is 1. The number of anilines is 1. The van der Waals surface area contributed by atoms with Gasteiger partial charge in [0.05, 0.1) is 31.6 Å². The maximum Gasteiger partial charge on any atom is 0.169 e. The summed E-state index contributed by atoms with van der Waals surface area (Å²) in [6, 6.07) is 7.78. The molecule has 0 saturated carbocycles. The summed E-state index contributed by atoms with van der Waals surface area (Å²) < 4.78 is 10.9. The topological polar surface area (TPSA) is 75.6 Å². The first-order valence-corrected chi connectivity index (χ1v) is 10.1. The number of nitrogens with zero attached hydrogens (tertiary/aromatic N) is 5. The van der Waals surface area contributed by atoms with Crippen molar-refractivity contribution >= 4 is 33.9 Å². The Morgan fingerprint density at radius 1 is 1.10 bits per heavy atom. The molecule has 1 aliphatic heterocycles. The van der Waals surface area contributed by atoms with E-state index in [1.54, 1.807) is 20.4 Å². The third kappa shape index (κ3) is 4.20. The zero-order valence-electron chi connectivity index (χ0n) is 17.0. The molecule has 156 valence electrons. The first-order chi connectivity index (χ1) is 14.7. The molecule has 0 aliphatic carbocycles. The van der Waals surface area contributed by atoms with Crippen molar-refractivity contribution in [2.75, 3.05) is 45.3 Å². The molecule has 3 aromatic rings. The number of nitrogens with one attached hydrogen (secondary N) is 1. The van der Waals surface area contributed by atoms with Crippen LogP contribution in [-0.2, 0) is 6.54 Å². The van der Waals surface area contributed by atoms with Gasteiger partial charge in [-0.25, -0.2) is 0 Å². The summed E-state index contributed by atoms with van der Waals surface area (Å²) in [4.78, 5) is 8.64. The second-order valence-electron chi connectivity index (χ2n) is 6.95. The van der Waals surface area contributed by atoms with Crippen LogP contribution in [0, 0.1) is 0 Å². The Labute approximate surface area is 180 Å². The molecule has 0 atom stereocenters. The van der Waals surface area contributed by atoms with Gasteiger partial charge in [0.1, 0.15) is 0 Å². The van der Waals surface area contributed by atoms with Crippen LogP contribution in [0.3, 0.4) is 0 Å². The SMILES string of the molecule is COc1cc2nncc(N3CCN(C(=S)NCc4cccnc4)CC3)c2cc1OC. The first-order valence-electron chi connectivity index (χ1n) is 9.73. The fourth-order valence-electron chi connectivity index (χ4n) is 3.57. The number of benzene rings is 1. The second-order valence-corrected chi connectivity index (χ2v) is 7.33. The van der Waals surface area contributed by atoms with Gasteiger partial charge in [-0.15, -0.1) is 0 Å². The lowest BCUT2D eigenvalue weighted by Gasteiger charge is -2.37. The van der Waals surface area contributed by atoms with Crippen LogP contribution >= 0.6 is 12.2 Å². The standard InChI is InChI=1S/C21H24N6O2S/c1-28-19-10-16-17(11-20(19)29-2)25-24-14-18(16)26-6-8-27(9-7-26)21(30)23-13-15-4-3-5-22-12-15/h3-5,10-12,14H,6-9,13H2,1-2H3,(H,23,30). The summed E-state index contributed by atoms with van der Waals surface area (Å²) in [5, 5.41) is 13.5. The van der Waals surface area contributed by atoms with Gasteiger partial charge in [-0.3, -0.25) is 4.98 Å². The molecule has 0 spiro atoms. The first kappa shape index (κ1) is 20.1. The number of ether oxygens (including phenoxy) is 2. The largest absolute Gasteiger partial charge is 0.493 e. The molecular weight excluding hydrogens is 400 g/mol. The molecule has 3 heterocycles. The highest BCUT2D eigenvalue weighted by Gasteiger charge is 2.22. The monoisotopic (exact) mass is 424 g/mol. The molecule has 8 nitrogen and oxygen atoms in total. The quantitative estimate of drug-likeness (QED) is 0.621. The van der Waals surface area contributed by atoms with Crippen LogP contribution in [0.25, 0.3) is 10.9 Å². The number of aromatic nitrogens is 3. The maximum atomic E-state index is 5.59. The second kappa shape index (κ2) is 9.08. The molecule has 30 heavy (non-hydrogen) atoms. The lowest BCUT2D eigenvalue weighted by Crippen LogP contribution is -2.51. The van der Waals surface area contributed by atoms with Gasteiger partial charge in [0.25, 0.3) is 0 Å². The van der Waals surface area contributed by atoms with Crippen molar-refractivity contribution in [2.45, 2.75) is 6.54 Å². The molecule has 0 amide bonds. The van der Waals surface area contributed by atoms with E-state index < -0.39 is 0 Å². The van der Waals surface area contributed by atoms with Crippen LogP contribution in [0.1, 0.15) is 5.56 Å². The molecule has 1 fully saturated rings. The van der Waals surface area contributed by atoms with Gasteiger partial charge in [-0.1, -0.05) is 6.07 Å². The number of hydrogen-bond acceptors (Lipinski definition) is 7. The summed E-state index contributed by atoms with van der Waals surface area (Å²) >= 11 is 5.59. The molecule has 9 heteroatoms. The molecule has 1 aliphatic rings. The van der Waals surface area contributed by atoms with Gasteiger partial charge in [0.2, 0.25) is 0 Å². The number of thiocarbonyl (C=S) groups is 1. The minimum atomic E-state index is 0.645. The van der Waals surface area contributed by atoms with Crippen LogP contribution in [0.15, 0.2) is 42.9 Å². The average molecular weight is 425 g/mol. The van der Waals surface area contributed by atoms with Crippen molar-refractivity contribution < 1.29 is 9.47 Å². The van der Waals surface area contributed by atoms with E-state index in [1.165, 1.54) is 0 Å². The Morgan fingerprint density at radius 2 is 1.87 bits per heavy atom. The molecule has 4 rings (SSSR count). The number of pyridine rings is 1. The lowest BCUT2D eigenvalue weighted by molar-refractivity contribution is 0.355.